The summed E-state index contributed by atoms with van der Waals surface area (Å²) in [6.07, 6.45) is 0.264. The zero-order chi connectivity index (χ0) is 31.7. The van der Waals surface area contributed by atoms with E-state index in [1.165, 1.54) is 17.0 Å². The van der Waals surface area contributed by atoms with Gasteiger partial charge >= 0.3 is 0 Å². The molecule has 4 aromatic carbocycles. The van der Waals surface area contributed by atoms with Crippen molar-refractivity contribution in [2.45, 2.75) is 44.7 Å². The number of para-hydroxylation sites is 1. The van der Waals surface area contributed by atoms with E-state index < -0.39 is 28.5 Å². The Bertz CT molecular complexity index is 1660. The van der Waals surface area contributed by atoms with E-state index in [-0.39, 0.29) is 29.7 Å². The van der Waals surface area contributed by atoms with Crippen molar-refractivity contribution in [3.05, 3.63) is 130 Å². The number of rotatable bonds is 13. The Morgan fingerprint density at radius 1 is 0.818 bits per heavy atom. The van der Waals surface area contributed by atoms with Gasteiger partial charge in [-0.1, -0.05) is 109 Å². The van der Waals surface area contributed by atoms with E-state index in [1.807, 2.05) is 87.5 Å². The third-order valence-corrected chi connectivity index (χ3v) is 9.46. The Balaban J connectivity index is 1.80. The van der Waals surface area contributed by atoms with Crippen LogP contribution in [0.15, 0.2) is 119 Å². The lowest BCUT2D eigenvalue weighted by Crippen LogP contribution is -2.53. The molecular formula is C35H38BrN3O4S. The standard InChI is InChI=1S/C35H38BrN3O4S/c1-26(2)23-37-35(41)33(22-28-14-6-4-7-15-28)38(24-29-16-12-17-30(36)21-29)34(40)25-39(32-20-11-10-13-27(32)3)44(42,43)31-18-8-5-9-19-31/h4-21,26,33H,22-25H2,1-3H3,(H,37,41). The molecule has 0 saturated heterocycles. The van der Waals surface area contributed by atoms with Gasteiger partial charge in [-0.25, -0.2) is 8.42 Å². The second-order valence-electron chi connectivity index (χ2n) is 11.1. The molecule has 44 heavy (non-hydrogen) atoms. The molecule has 1 N–H and O–H groups in total. The summed E-state index contributed by atoms with van der Waals surface area (Å²) in [6, 6.07) is 31.3. The summed E-state index contributed by atoms with van der Waals surface area (Å²) in [5.74, 6) is -0.578. The number of nitrogens with one attached hydrogen (secondary N) is 1. The molecule has 0 heterocycles. The molecule has 2 amide bonds. The second-order valence-corrected chi connectivity index (χ2v) is 13.9. The Morgan fingerprint density at radius 2 is 1.43 bits per heavy atom. The smallest absolute Gasteiger partial charge is 0.264 e. The van der Waals surface area contributed by atoms with Crippen molar-refractivity contribution in [2.75, 3.05) is 17.4 Å². The Hall–Kier alpha value is -3.95. The van der Waals surface area contributed by atoms with E-state index >= 15 is 0 Å². The number of nitrogens with zero attached hydrogens (tertiary/aromatic N) is 2. The van der Waals surface area contributed by atoms with E-state index in [0.717, 1.165) is 19.9 Å². The van der Waals surface area contributed by atoms with Gasteiger partial charge in [-0.05, 0) is 59.9 Å². The number of amides is 2. The zero-order valence-electron chi connectivity index (χ0n) is 25.2. The lowest BCUT2D eigenvalue weighted by atomic mass is 10.0. The van der Waals surface area contributed by atoms with Gasteiger partial charge in [0.1, 0.15) is 12.6 Å². The molecule has 1 unspecified atom stereocenters. The monoisotopic (exact) mass is 675 g/mol. The SMILES string of the molecule is Cc1ccccc1N(CC(=O)N(Cc1cccc(Br)c1)C(Cc1ccccc1)C(=O)NCC(C)C)S(=O)(=O)c1ccccc1. The Morgan fingerprint density at radius 3 is 2.07 bits per heavy atom. The highest BCUT2D eigenvalue weighted by Gasteiger charge is 2.35. The van der Waals surface area contributed by atoms with Gasteiger partial charge in [-0.15, -0.1) is 0 Å². The molecule has 230 valence electrons. The van der Waals surface area contributed by atoms with Crippen LogP contribution in [0.5, 0.6) is 0 Å². The minimum atomic E-state index is -4.13. The van der Waals surface area contributed by atoms with Gasteiger partial charge in [0, 0.05) is 24.0 Å². The predicted molar refractivity (Wildman–Crippen MR) is 179 cm³/mol. The van der Waals surface area contributed by atoms with Gasteiger partial charge in [0.2, 0.25) is 11.8 Å². The molecule has 0 aliphatic rings. The number of carbonyl (C=O) groups excluding carboxylic acids is 2. The first kappa shape index (κ1) is 33.0. The van der Waals surface area contributed by atoms with Crippen molar-refractivity contribution in [3.8, 4) is 0 Å². The fourth-order valence-corrected chi connectivity index (χ4v) is 6.83. The lowest BCUT2D eigenvalue weighted by molar-refractivity contribution is -0.140. The summed E-state index contributed by atoms with van der Waals surface area (Å²) in [5, 5.41) is 3.01. The van der Waals surface area contributed by atoms with Gasteiger partial charge in [-0.2, -0.15) is 0 Å². The minimum absolute atomic E-state index is 0.0742. The molecule has 0 aliphatic carbocycles. The normalized spacial score (nSPS) is 12.0. The number of aryl methyl sites for hydroxylation is 1. The maximum absolute atomic E-state index is 14.5. The molecule has 0 radical (unpaired) electrons. The van der Waals surface area contributed by atoms with Crippen molar-refractivity contribution in [1.82, 2.24) is 10.2 Å². The van der Waals surface area contributed by atoms with Crippen LogP contribution in [0.4, 0.5) is 5.69 Å². The molecule has 0 aliphatic heterocycles. The largest absolute Gasteiger partial charge is 0.354 e. The number of hydrogen-bond donors (Lipinski definition) is 1. The summed E-state index contributed by atoms with van der Waals surface area (Å²) in [5.41, 5.74) is 2.79. The van der Waals surface area contributed by atoms with Gasteiger partial charge in [0.15, 0.2) is 0 Å². The fraction of sp³-hybridized carbons (Fsp3) is 0.257. The van der Waals surface area contributed by atoms with Gasteiger partial charge in [-0.3, -0.25) is 13.9 Å². The number of benzene rings is 4. The number of sulfonamides is 1. The number of hydrogen-bond acceptors (Lipinski definition) is 4. The van der Waals surface area contributed by atoms with Crippen LogP contribution >= 0.6 is 15.9 Å². The number of anilines is 1. The van der Waals surface area contributed by atoms with E-state index in [4.69, 9.17) is 0 Å². The van der Waals surface area contributed by atoms with Crippen LogP contribution in [0.2, 0.25) is 0 Å². The van der Waals surface area contributed by atoms with Crippen LogP contribution < -0.4 is 9.62 Å². The molecule has 0 fully saturated rings. The van der Waals surface area contributed by atoms with Crippen molar-refractivity contribution in [1.29, 1.82) is 0 Å². The van der Waals surface area contributed by atoms with Gasteiger partial charge < -0.3 is 10.2 Å². The van der Waals surface area contributed by atoms with Gasteiger partial charge in [0.05, 0.1) is 10.6 Å². The molecule has 4 rings (SSSR count). The fourth-order valence-electron chi connectivity index (χ4n) is 4.88. The predicted octanol–water partition coefficient (Wildman–Crippen LogP) is 6.37. The topological polar surface area (TPSA) is 86.8 Å². The highest BCUT2D eigenvalue weighted by molar-refractivity contribution is 9.10. The quantitative estimate of drug-likeness (QED) is 0.179. The summed E-state index contributed by atoms with van der Waals surface area (Å²) in [7, 11) is -4.13. The Kier molecular flexibility index (Phi) is 11.4. The van der Waals surface area contributed by atoms with Crippen LogP contribution in [0.25, 0.3) is 0 Å². The van der Waals surface area contributed by atoms with Crippen molar-refractivity contribution < 1.29 is 18.0 Å². The summed E-state index contributed by atoms with van der Waals surface area (Å²) < 4.78 is 30.2. The number of halogens is 1. The lowest BCUT2D eigenvalue weighted by Gasteiger charge is -2.34. The molecule has 0 aromatic heterocycles. The molecule has 0 bridgehead atoms. The van der Waals surface area contributed by atoms with E-state index in [9.17, 15) is 18.0 Å². The zero-order valence-corrected chi connectivity index (χ0v) is 27.6. The molecule has 0 saturated carbocycles. The first-order valence-corrected chi connectivity index (χ1v) is 16.8. The van der Waals surface area contributed by atoms with Crippen LogP contribution in [-0.4, -0.2) is 44.3 Å². The maximum Gasteiger partial charge on any atom is 0.264 e. The van der Waals surface area contributed by atoms with Crippen LogP contribution in [0.3, 0.4) is 0 Å². The highest BCUT2D eigenvalue weighted by atomic mass is 79.9. The molecule has 1 atom stereocenters. The van der Waals surface area contributed by atoms with Crippen LogP contribution in [-0.2, 0) is 32.6 Å². The summed E-state index contributed by atoms with van der Waals surface area (Å²) in [6.45, 7) is 5.89. The molecule has 4 aromatic rings. The molecular weight excluding hydrogens is 638 g/mol. The van der Waals surface area contributed by atoms with E-state index in [0.29, 0.717) is 17.8 Å². The maximum atomic E-state index is 14.5. The van der Waals surface area contributed by atoms with Crippen molar-refractivity contribution >= 4 is 43.5 Å². The minimum Gasteiger partial charge on any atom is -0.354 e. The molecule has 9 heteroatoms. The number of carbonyl (C=O) groups is 2. The first-order valence-electron chi connectivity index (χ1n) is 14.5. The van der Waals surface area contributed by atoms with Gasteiger partial charge in [0.25, 0.3) is 10.0 Å². The highest BCUT2D eigenvalue weighted by Crippen LogP contribution is 2.28. The average Bonchev–Trinajstić information content (AvgIpc) is 3.01. The van der Waals surface area contributed by atoms with E-state index in [1.54, 1.807) is 30.3 Å². The summed E-state index contributed by atoms with van der Waals surface area (Å²) in [4.78, 5) is 29.9. The van der Waals surface area contributed by atoms with Crippen LogP contribution in [0.1, 0.15) is 30.5 Å². The second kappa shape index (κ2) is 15.2. The Labute approximate surface area is 269 Å². The third-order valence-electron chi connectivity index (χ3n) is 7.19. The van der Waals surface area contributed by atoms with Crippen LogP contribution in [0, 0.1) is 12.8 Å². The van der Waals surface area contributed by atoms with Crippen molar-refractivity contribution in [2.24, 2.45) is 5.92 Å². The average molecular weight is 677 g/mol. The first-order chi connectivity index (χ1) is 21.1. The summed E-state index contributed by atoms with van der Waals surface area (Å²) >= 11 is 3.51. The van der Waals surface area contributed by atoms with Crippen molar-refractivity contribution in [3.63, 3.8) is 0 Å². The third kappa shape index (κ3) is 8.57. The molecule has 7 nitrogen and oxygen atoms in total. The van der Waals surface area contributed by atoms with E-state index in [2.05, 4.69) is 21.2 Å². The molecule has 0 spiro atoms.